The highest BCUT2D eigenvalue weighted by atomic mass is 79.9. The second kappa shape index (κ2) is 6.89. The zero-order chi connectivity index (χ0) is 15.5. The summed E-state index contributed by atoms with van der Waals surface area (Å²) in [5, 5.41) is 3.63. The van der Waals surface area contributed by atoms with Gasteiger partial charge in [-0.15, -0.1) is 11.3 Å². The van der Waals surface area contributed by atoms with Crippen molar-refractivity contribution in [1.29, 1.82) is 0 Å². The van der Waals surface area contributed by atoms with Crippen LogP contribution in [0.5, 0.6) is 0 Å². The van der Waals surface area contributed by atoms with Crippen LogP contribution < -0.4 is 5.32 Å². The summed E-state index contributed by atoms with van der Waals surface area (Å²) in [7, 11) is 0. The fourth-order valence-electron chi connectivity index (χ4n) is 2.49. The first kappa shape index (κ1) is 15.6. The second-order valence-corrected chi connectivity index (χ2v) is 7.43. The molecule has 1 amide bonds. The molecule has 3 rings (SSSR count). The molecule has 1 aliphatic heterocycles. The van der Waals surface area contributed by atoms with E-state index in [1.165, 1.54) is 11.3 Å². The minimum Gasteiger partial charge on any atom is -0.381 e. The zero-order valence-corrected chi connectivity index (χ0v) is 14.7. The van der Waals surface area contributed by atoms with Crippen LogP contribution >= 0.6 is 27.3 Å². The van der Waals surface area contributed by atoms with Crippen LogP contribution in [0.15, 0.2) is 28.7 Å². The van der Waals surface area contributed by atoms with E-state index in [1.807, 2.05) is 31.2 Å². The lowest BCUT2D eigenvalue weighted by atomic mass is 10.00. The summed E-state index contributed by atoms with van der Waals surface area (Å²) >= 11 is 4.95. The second-order valence-electron chi connectivity index (χ2n) is 5.31. The predicted octanol–water partition coefficient (Wildman–Crippen LogP) is 4.25. The normalized spacial score (nSPS) is 15.7. The lowest BCUT2D eigenvalue weighted by Crippen LogP contribution is -2.28. The van der Waals surface area contributed by atoms with E-state index in [0.717, 1.165) is 33.4 Å². The highest BCUT2D eigenvalue weighted by Crippen LogP contribution is 2.31. The number of rotatable bonds is 3. The lowest BCUT2D eigenvalue weighted by Gasteiger charge is -2.20. The molecule has 0 saturated carbocycles. The Morgan fingerprint density at radius 1 is 1.32 bits per heavy atom. The third-order valence-electron chi connectivity index (χ3n) is 3.74. The van der Waals surface area contributed by atoms with Gasteiger partial charge in [-0.05, 0) is 31.9 Å². The average Bonchev–Trinajstić information content (AvgIpc) is 2.89. The largest absolute Gasteiger partial charge is 0.381 e. The molecular formula is C16H17BrN2O2S. The molecule has 2 aromatic rings. The van der Waals surface area contributed by atoms with E-state index in [0.29, 0.717) is 18.3 Å². The van der Waals surface area contributed by atoms with Gasteiger partial charge in [0.25, 0.3) is 0 Å². The number of carbonyl (C=O) groups is 1. The van der Waals surface area contributed by atoms with E-state index in [9.17, 15) is 4.79 Å². The van der Waals surface area contributed by atoms with Crippen molar-refractivity contribution in [2.45, 2.75) is 19.8 Å². The minimum atomic E-state index is 0.0362. The van der Waals surface area contributed by atoms with E-state index in [2.05, 4.69) is 26.2 Å². The van der Waals surface area contributed by atoms with Gasteiger partial charge in [0.15, 0.2) is 5.13 Å². The molecule has 1 fully saturated rings. The van der Waals surface area contributed by atoms with Gasteiger partial charge in [-0.1, -0.05) is 28.1 Å². The van der Waals surface area contributed by atoms with Gasteiger partial charge in [0.1, 0.15) is 0 Å². The highest BCUT2D eigenvalue weighted by Gasteiger charge is 2.22. The monoisotopic (exact) mass is 380 g/mol. The molecule has 0 aliphatic carbocycles. The topological polar surface area (TPSA) is 51.2 Å². The van der Waals surface area contributed by atoms with E-state index in [1.54, 1.807) is 0 Å². The van der Waals surface area contributed by atoms with Crippen molar-refractivity contribution in [3.8, 4) is 11.3 Å². The van der Waals surface area contributed by atoms with Gasteiger partial charge in [-0.25, -0.2) is 4.98 Å². The van der Waals surface area contributed by atoms with Crippen LogP contribution in [0, 0.1) is 12.8 Å². The smallest absolute Gasteiger partial charge is 0.229 e. The first-order valence-electron chi connectivity index (χ1n) is 7.25. The van der Waals surface area contributed by atoms with Gasteiger partial charge in [-0.2, -0.15) is 0 Å². The molecule has 1 aromatic heterocycles. The number of aromatic nitrogens is 1. The first-order chi connectivity index (χ1) is 10.6. The summed E-state index contributed by atoms with van der Waals surface area (Å²) in [5.74, 6) is 0.0912. The van der Waals surface area contributed by atoms with E-state index < -0.39 is 0 Å². The molecule has 0 atom stereocenters. The van der Waals surface area contributed by atoms with E-state index in [-0.39, 0.29) is 11.8 Å². The summed E-state index contributed by atoms with van der Waals surface area (Å²) in [6.45, 7) is 3.36. The first-order valence-corrected chi connectivity index (χ1v) is 8.86. The van der Waals surface area contributed by atoms with Gasteiger partial charge in [0, 0.05) is 34.0 Å². The van der Waals surface area contributed by atoms with Crippen molar-refractivity contribution in [1.82, 2.24) is 4.98 Å². The van der Waals surface area contributed by atoms with Crippen LogP contribution in [0.2, 0.25) is 0 Å². The number of carbonyl (C=O) groups excluding carboxylic acids is 1. The Kier molecular flexibility index (Phi) is 4.90. The van der Waals surface area contributed by atoms with Crippen molar-refractivity contribution >= 4 is 38.3 Å². The number of nitrogens with one attached hydrogen (secondary N) is 1. The summed E-state index contributed by atoms with van der Waals surface area (Å²) in [6.07, 6.45) is 1.57. The number of ether oxygens (including phenoxy) is 1. The summed E-state index contributed by atoms with van der Waals surface area (Å²) in [5.41, 5.74) is 1.99. The Labute approximate surface area is 142 Å². The molecule has 0 radical (unpaired) electrons. The number of benzene rings is 1. The average molecular weight is 381 g/mol. The molecule has 2 heterocycles. The molecule has 0 bridgehead atoms. The number of nitrogens with zero attached hydrogens (tertiary/aromatic N) is 1. The van der Waals surface area contributed by atoms with Gasteiger partial charge >= 0.3 is 0 Å². The SMILES string of the molecule is Cc1sc(NC(=O)C2CCOCC2)nc1-c1ccc(Br)cc1. The lowest BCUT2D eigenvalue weighted by molar-refractivity contribution is -0.122. The van der Waals surface area contributed by atoms with Crippen molar-refractivity contribution < 1.29 is 9.53 Å². The van der Waals surface area contributed by atoms with Crippen LogP contribution in [0.25, 0.3) is 11.3 Å². The Bertz CT molecular complexity index is 663. The number of hydrogen-bond donors (Lipinski definition) is 1. The maximum Gasteiger partial charge on any atom is 0.229 e. The maximum atomic E-state index is 12.3. The van der Waals surface area contributed by atoms with Crippen molar-refractivity contribution in [3.63, 3.8) is 0 Å². The minimum absolute atomic E-state index is 0.0362. The van der Waals surface area contributed by atoms with Gasteiger partial charge in [0.2, 0.25) is 5.91 Å². The molecule has 1 N–H and O–H groups in total. The fraction of sp³-hybridized carbons (Fsp3) is 0.375. The molecule has 4 nitrogen and oxygen atoms in total. The third-order valence-corrected chi connectivity index (χ3v) is 5.15. The number of aryl methyl sites for hydroxylation is 1. The van der Waals surface area contributed by atoms with Gasteiger partial charge in [0.05, 0.1) is 5.69 Å². The molecule has 1 aliphatic rings. The van der Waals surface area contributed by atoms with Crippen molar-refractivity contribution in [2.24, 2.45) is 5.92 Å². The maximum absolute atomic E-state index is 12.3. The molecule has 1 aromatic carbocycles. The molecular weight excluding hydrogens is 364 g/mol. The van der Waals surface area contributed by atoms with Gasteiger partial charge in [-0.3, -0.25) is 4.79 Å². The Morgan fingerprint density at radius 2 is 2.00 bits per heavy atom. The summed E-state index contributed by atoms with van der Waals surface area (Å²) < 4.78 is 6.33. The number of amides is 1. The number of thiazole rings is 1. The van der Waals surface area contributed by atoms with Crippen LogP contribution in [0.4, 0.5) is 5.13 Å². The van der Waals surface area contributed by atoms with E-state index in [4.69, 9.17) is 4.74 Å². The summed E-state index contributed by atoms with van der Waals surface area (Å²) in [6, 6.07) is 8.04. The van der Waals surface area contributed by atoms with Crippen molar-refractivity contribution in [3.05, 3.63) is 33.6 Å². The van der Waals surface area contributed by atoms with Crippen LogP contribution in [0.3, 0.4) is 0 Å². The quantitative estimate of drug-likeness (QED) is 0.865. The Morgan fingerprint density at radius 3 is 2.68 bits per heavy atom. The molecule has 22 heavy (non-hydrogen) atoms. The zero-order valence-electron chi connectivity index (χ0n) is 12.3. The van der Waals surface area contributed by atoms with Crippen molar-refractivity contribution in [2.75, 3.05) is 18.5 Å². The molecule has 116 valence electrons. The van der Waals surface area contributed by atoms with Crippen LogP contribution in [0.1, 0.15) is 17.7 Å². The molecule has 0 unspecified atom stereocenters. The molecule has 6 heteroatoms. The van der Waals surface area contributed by atoms with Crippen LogP contribution in [-0.2, 0) is 9.53 Å². The Balaban J connectivity index is 1.74. The Hall–Kier alpha value is -1.24. The fourth-order valence-corrected chi connectivity index (χ4v) is 3.60. The number of anilines is 1. The summed E-state index contributed by atoms with van der Waals surface area (Å²) in [4.78, 5) is 17.9. The number of hydrogen-bond acceptors (Lipinski definition) is 4. The molecule has 0 spiro atoms. The highest BCUT2D eigenvalue weighted by molar-refractivity contribution is 9.10. The van der Waals surface area contributed by atoms with Gasteiger partial charge < -0.3 is 10.1 Å². The number of halogens is 1. The standard InChI is InChI=1S/C16H17BrN2O2S/c1-10-14(11-2-4-13(17)5-3-11)18-16(22-10)19-15(20)12-6-8-21-9-7-12/h2-5,12H,6-9H2,1H3,(H,18,19,20). The van der Waals surface area contributed by atoms with E-state index >= 15 is 0 Å². The third kappa shape index (κ3) is 3.56. The molecule has 1 saturated heterocycles. The predicted molar refractivity (Wildman–Crippen MR) is 92.2 cm³/mol. The van der Waals surface area contributed by atoms with Crippen LogP contribution in [-0.4, -0.2) is 24.1 Å².